The number of rotatable bonds is 5. The van der Waals surface area contributed by atoms with Crippen molar-refractivity contribution < 1.29 is 19.2 Å². The zero-order valence-electron chi connectivity index (χ0n) is 18.0. The van der Waals surface area contributed by atoms with E-state index >= 15 is 0 Å². The van der Waals surface area contributed by atoms with Gasteiger partial charge in [-0.15, -0.1) is 11.3 Å². The number of nitrogens with one attached hydrogen (secondary N) is 2. The number of esters is 1. The summed E-state index contributed by atoms with van der Waals surface area (Å²) in [4.78, 5) is 37.9. The number of ether oxygens (including phenoxy) is 1. The van der Waals surface area contributed by atoms with Crippen LogP contribution in [0.25, 0.3) is 0 Å². The van der Waals surface area contributed by atoms with Gasteiger partial charge in [0, 0.05) is 24.7 Å². The summed E-state index contributed by atoms with van der Waals surface area (Å²) in [7, 11) is 1.24. The molecule has 2 aromatic rings. The Balaban J connectivity index is 1.77. The smallest absolute Gasteiger partial charge is 0.348 e. The molecule has 0 saturated carbocycles. The number of nitrogens with zero attached hydrogens (tertiary/aromatic N) is 3. The monoisotopic (exact) mass is 487 g/mol. The predicted octanol–water partition coefficient (Wildman–Crippen LogP) is 3.74. The lowest BCUT2D eigenvalue weighted by molar-refractivity contribution is -0.384. The molecule has 3 rings (SSSR count). The van der Waals surface area contributed by atoms with E-state index in [4.69, 9.17) is 17.0 Å². The van der Waals surface area contributed by atoms with E-state index in [1.165, 1.54) is 19.2 Å². The van der Waals surface area contributed by atoms with E-state index in [0.29, 0.717) is 11.3 Å². The summed E-state index contributed by atoms with van der Waals surface area (Å²) < 4.78 is 4.71. The van der Waals surface area contributed by atoms with E-state index in [9.17, 15) is 25.0 Å². The van der Waals surface area contributed by atoms with Crippen LogP contribution in [0.1, 0.15) is 50.4 Å². The van der Waals surface area contributed by atoms with Gasteiger partial charge < -0.3 is 15.0 Å². The SMILES string of the molecule is COC(=O)c1sc(NC(=S)NC(=O)c2ccc(N3CCCCC3)c([N+](=O)[O-])c2)c(C#N)c1C. The average molecular weight is 488 g/mol. The summed E-state index contributed by atoms with van der Waals surface area (Å²) in [5.74, 6) is -1.22. The van der Waals surface area contributed by atoms with E-state index in [1.54, 1.807) is 13.0 Å². The molecule has 1 fully saturated rings. The van der Waals surface area contributed by atoms with Gasteiger partial charge in [-0.1, -0.05) is 0 Å². The topological polar surface area (TPSA) is 138 Å². The zero-order valence-corrected chi connectivity index (χ0v) is 19.6. The van der Waals surface area contributed by atoms with Gasteiger partial charge in [-0.3, -0.25) is 20.2 Å². The van der Waals surface area contributed by atoms with Crippen LogP contribution in [-0.2, 0) is 4.74 Å². The van der Waals surface area contributed by atoms with Crippen LogP contribution in [0.4, 0.5) is 16.4 Å². The van der Waals surface area contributed by atoms with Gasteiger partial charge in [0.25, 0.3) is 11.6 Å². The molecule has 0 radical (unpaired) electrons. The number of amides is 1. The van der Waals surface area contributed by atoms with E-state index in [0.717, 1.165) is 43.7 Å². The van der Waals surface area contributed by atoms with Gasteiger partial charge in [0.1, 0.15) is 21.6 Å². The minimum absolute atomic E-state index is 0.0738. The van der Waals surface area contributed by atoms with Crippen LogP contribution < -0.4 is 15.5 Å². The summed E-state index contributed by atoms with van der Waals surface area (Å²) in [6.07, 6.45) is 3.02. The Bertz CT molecular complexity index is 1160. The van der Waals surface area contributed by atoms with Crippen LogP contribution in [0.2, 0.25) is 0 Å². The molecule has 1 aliphatic heterocycles. The Morgan fingerprint density at radius 1 is 1.30 bits per heavy atom. The molecule has 1 amide bonds. The number of thiocarbonyl (C=S) groups is 1. The molecule has 1 saturated heterocycles. The molecule has 12 heteroatoms. The van der Waals surface area contributed by atoms with Crippen molar-refractivity contribution >= 4 is 56.9 Å². The third-order valence-corrected chi connectivity index (χ3v) is 6.61. The van der Waals surface area contributed by atoms with Crippen LogP contribution in [0, 0.1) is 28.4 Å². The number of nitro benzene ring substituents is 1. The molecule has 1 aliphatic rings. The number of anilines is 2. The molecule has 0 aliphatic carbocycles. The van der Waals surface area contributed by atoms with Gasteiger partial charge in [0.2, 0.25) is 0 Å². The maximum absolute atomic E-state index is 12.7. The van der Waals surface area contributed by atoms with Crippen molar-refractivity contribution in [2.45, 2.75) is 26.2 Å². The maximum Gasteiger partial charge on any atom is 0.348 e. The second-order valence-corrected chi connectivity index (χ2v) is 8.71. The number of carbonyl (C=O) groups excluding carboxylic acids is 2. The van der Waals surface area contributed by atoms with Crippen LogP contribution in [0.3, 0.4) is 0 Å². The number of nitro groups is 1. The van der Waals surface area contributed by atoms with Crippen LogP contribution in [0.15, 0.2) is 18.2 Å². The number of methoxy groups -OCH3 is 1. The van der Waals surface area contributed by atoms with E-state index < -0.39 is 16.8 Å². The first-order valence-corrected chi connectivity index (χ1v) is 11.3. The maximum atomic E-state index is 12.7. The fourth-order valence-corrected chi connectivity index (χ4v) is 4.89. The quantitative estimate of drug-likeness (QED) is 0.279. The first-order chi connectivity index (χ1) is 15.8. The first-order valence-electron chi connectivity index (χ1n) is 10.0. The van der Waals surface area contributed by atoms with Crippen molar-refractivity contribution in [3.8, 4) is 6.07 Å². The van der Waals surface area contributed by atoms with E-state index in [1.807, 2.05) is 11.0 Å². The van der Waals surface area contributed by atoms with Gasteiger partial charge in [0.05, 0.1) is 17.6 Å². The normalized spacial score (nSPS) is 13.1. The lowest BCUT2D eigenvalue weighted by Gasteiger charge is -2.28. The van der Waals surface area contributed by atoms with Crippen LogP contribution in [0.5, 0.6) is 0 Å². The Morgan fingerprint density at radius 3 is 2.61 bits per heavy atom. The van der Waals surface area contributed by atoms with Crippen LogP contribution in [-0.4, -0.2) is 42.1 Å². The second-order valence-electron chi connectivity index (χ2n) is 7.28. The van der Waals surface area contributed by atoms with Gasteiger partial charge in [-0.05, 0) is 56.1 Å². The van der Waals surface area contributed by atoms with E-state index in [-0.39, 0.29) is 31.8 Å². The number of carbonyl (C=O) groups is 2. The third-order valence-electron chi connectivity index (χ3n) is 5.21. The third kappa shape index (κ3) is 5.27. The highest BCUT2D eigenvalue weighted by molar-refractivity contribution is 7.80. The number of nitriles is 1. The van der Waals surface area contributed by atoms with Crippen molar-refractivity contribution in [3.05, 3.63) is 49.9 Å². The highest BCUT2D eigenvalue weighted by Gasteiger charge is 2.24. The zero-order chi connectivity index (χ0) is 24.1. The summed E-state index contributed by atoms with van der Waals surface area (Å²) >= 11 is 6.15. The predicted molar refractivity (Wildman–Crippen MR) is 128 cm³/mol. The average Bonchev–Trinajstić information content (AvgIpc) is 3.13. The number of hydrogen-bond acceptors (Lipinski definition) is 9. The standard InChI is InChI=1S/C21H21N5O5S2/c1-12-14(11-22)19(33-17(12)20(28)31-2)24-21(32)23-18(27)13-6-7-15(16(10-13)26(29)30)25-8-4-3-5-9-25/h6-7,10H,3-5,8-9H2,1-2H3,(H2,23,24,27,32). The minimum atomic E-state index is -0.638. The summed E-state index contributed by atoms with van der Waals surface area (Å²) in [6, 6.07) is 6.32. The van der Waals surface area contributed by atoms with Crippen molar-refractivity contribution in [3.63, 3.8) is 0 Å². The van der Waals surface area contributed by atoms with Crippen LogP contribution >= 0.6 is 23.6 Å². The Hall–Kier alpha value is -3.56. The van der Waals surface area contributed by atoms with E-state index in [2.05, 4.69) is 10.6 Å². The van der Waals surface area contributed by atoms with Gasteiger partial charge in [-0.25, -0.2) is 4.79 Å². The fourth-order valence-electron chi connectivity index (χ4n) is 3.55. The first kappa shape index (κ1) is 24.1. The number of hydrogen-bond donors (Lipinski definition) is 2. The molecule has 0 spiro atoms. The molecule has 1 aromatic heterocycles. The molecule has 0 atom stereocenters. The molecule has 1 aromatic carbocycles. The number of thiophene rings is 1. The lowest BCUT2D eigenvalue weighted by atomic mass is 10.1. The molecule has 2 heterocycles. The van der Waals surface area contributed by atoms with Crippen molar-refractivity contribution in [2.75, 3.05) is 30.4 Å². The van der Waals surface area contributed by atoms with Gasteiger partial charge >= 0.3 is 5.97 Å². The molecule has 2 N–H and O–H groups in total. The fraction of sp³-hybridized carbons (Fsp3) is 0.333. The van der Waals surface area contributed by atoms with Crippen molar-refractivity contribution in [2.24, 2.45) is 0 Å². The second kappa shape index (κ2) is 10.4. The highest BCUT2D eigenvalue weighted by atomic mass is 32.1. The molecular weight excluding hydrogens is 466 g/mol. The lowest BCUT2D eigenvalue weighted by Crippen LogP contribution is -2.34. The summed E-state index contributed by atoms with van der Waals surface area (Å²) in [5, 5.41) is 26.4. The number of benzene rings is 1. The Morgan fingerprint density at radius 2 is 2.00 bits per heavy atom. The largest absolute Gasteiger partial charge is 0.465 e. The molecule has 33 heavy (non-hydrogen) atoms. The van der Waals surface area contributed by atoms with Gasteiger partial charge in [0.15, 0.2) is 5.11 Å². The van der Waals surface area contributed by atoms with Crippen molar-refractivity contribution in [1.29, 1.82) is 5.26 Å². The summed E-state index contributed by atoms with van der Waals surface area (Å²) in [6.45, 7) is 3.07. The Kier molecular flexibility index (Phi) is 7.57. The number of piperidine rings is 1. The molecular formula is C21H21N5O5S2. The molecule has 0 unspecified atom stereocenters. The summed E-state index contributed by atoms with van der Waals surface area (Å²) in [5.41, 5.74) is 1.06. The molecule has 0 bridgehead atoms. The minimum Gasteiger partial charge on any atom is -0.465 e. The van der Waals surface area contributed by atoms with Crippen molar-refractivity contribution in [1.82, 2.24) is 5.32 Å². The molecule has 172 valence electrons. The van der Waals surface area contributed by atoms with Gasteiger partial charge in [-0.2, -0.15) is 5.26 Å². The highest BCUT2D eigenvalue weighted by Crippen LogP contribution is 2.33. The molecule has 10 nitrogen and oxygen atoms in total. The Labute approximate surface area is 199 Å².